The molecule has 108 valence electrons. The van der Waals surface area contributed by atoms with Gasteiger partial charge in [-0.15, -0.1) is 0 Å². The number of unbranched alkanes of at least 4 members (excludes halogenated alkanes) is 2. The Balaban J connectivity index is 2.66. The normalized spacial score (nSPS) is 20.4. The Morgan fingerprint density at radius 3 is 2.74 bits per heavy atom. The average Bonchev–Trinajstić information content (AvgIpc) is 2.66. The number of rotatable bonds is 7. The van der Waals surface area contributed by atoms with Gasteiger partial charge < -0.3 is 24.8 Å². The van der Waals surface area contributed by atoms with Gasteiger partial charge >= 0.3 is 11.9 Å². The molecule has 0 bridgehead atoms. The fourth-order valence-corrected chi connectivity index (χ4v) is 1.61. The van der Waals surface area contributed by atoms with E-state index in [0.717, 1.165) is 12.8 Å². The zero-order valence-corrected chi connectivity index (χ0v) is 10.7. The van der Waals surface area contributed by atoms with E-state index in [1.807, 2.05) is 6.92 Å². The van der Waals surface area contributed by atoms with Crippen LogP contribution in [0.3, 0.4) is 0 Å². The molecule has 0 amide bonds. The highest BCUT2D eigenvalue weighted by atomic mass is 16.6. The standard InChI is InChI=1S/C12H18O7/c1-2-3-4-5-8(15)18-11-9(16)12(17)19-10(11)7(14)6-13/h7,10,13-14,16H,2-6H2,1H3/t7-,10+/m0/s1. The zero-order valence-electron chi connectivity index (χ0n) is 10.7. The summed E-state index contributed by atoms with van der Waals surface area (Å²) in [5, 5.41) is 27.7. The Morgan fingerprint density at radius 2 is 2.16 bits per heavy atom. The van der Waals surface area contributed by atoms with E-state index in [-0.39, 0.29) is 6.42 Å². The van der Waals surface area contributed by atoms with E-state index in [4.69, 9.17) is 9.84 Å². The largest absolute Gasteiger partial charge is 0.499 e. The van der Waals surface area contributed by atoms with Crippen molar-refractivity contribution in [2.24, 2.45) is 0 Å². The first kappa shape index (κ1) is 15.5. The van der Waals surface area contributed by atoms with Crippen LogP contribution in [0.25, 0.3) is 0 Å². The van der Waals surface area contributed by atoms with E-state index in [1.165, 1.54) is 0 Å². The highest BCUT2D eigenvalue weighted by molar-refractivity contribution is 5.90. The number of hydrogen-bond acceptors (Lipinski definition) is 7. The minimum absolute atomic E-state index is 0.140. The Morgan fingerprint density at radius 1 is 1.47 bits per heavy atom. The predicted octanol–water partition coefficient (Wildman–Crippen LogP) is 0.158. The lowest BCUT2D eigenvalue weighted by atomic mass is 10.1. The number of aliphatic hydroxyl groups is 3. The number of ether oxygens (including phenoxy) is 2. The Labute approximate surface area is 110 Å². The third-order valence-electron chi connectivity index (χ3n) is 2.66. The summed E-state index contributed by atoms with van der Waals surface area (Å²) in [6.07, 6.45) is -0.237. The van der Waals surface area contributed by atoms with Gasteiger partial charge in [-0.2, -0.15) is 0 Å². The molecule has 1 aliphatic rings. The van der Waals surface area contributed by atoms with E-state index >= 15 is 0 Å². The predicted molar refractivity (Wildman–Crippen MR) is 62.9 cm³/mol. The molecule has 1 rings (SSSR count). The van der Waals surface area contributed by atoms with Crippen molar-refractivity contribution in [2.75, 3.05) is 6.61 Å². The van der Waals surface area contributed by atoms with Crippen molar-refractivity contribution >= 4 is 11.9 Å². The lowest BCUT2D eigenvalue weighted by Crippen LogP contribution is -2.33. The van der Waals surface area contributed by atoms with E-state index < -0.39 is 42.3 Å². The molecule has 2 atom stereocenters. The first-order valence-electron chi connectivity index (χ1n) is 6.15. The fraction of sp³-hybridized carbons (Fsp3) is 0.667. The summed E-state index contributed by atoms with van der Waals surface area (Å²) in [6, 6.07) is 0. The first-order valence-corrected chi connectivity index (χ1v) is 6.15. The van der Waals surface area contributed by atoms with Crippen LogP contribution in [0.15, 0.2) is 11.5 Å². The molecular weight excluding hydrogens is 256 g/mol. The summed E-state index contributed by atoms with van der Waals surface area (Å²) < 4.78 is 9.47. The molecule has 0 radical (unpaired) electrons. The molecule has 3 N–H and O–H groups in total. The number of carbonyl (C=O) groups excluding carboxylic acids is 2. The zero-order chi connectivity index (χ0) is 14.4. The van der Waals surface area contributed by atoms with Gasteiger partial charge in [0.1, 0.15) is 6.10 Å². The molecule has 7 heteroatoms. The fourth-order valence-electron chi connectivity index (χ4n) is 1.61. The number of carbonyl (C=O) groups is 2. The maximum Gasteiger partial charge on any atom is 0.378 e. The summed E-state index contributed by atoms with van der Waals surface area (Å²) in [5.41, 5.74) is 0. The van der Waals surface area contributed by atoms with E-state index in [2.05, 4.69) is 4.74 Å². The van der Waals surface area contributed by atoms with Crippen molar-refractivity contribution < 1.29 is 34.4 Å². The van der Waals surface area contributed by atoms with Crippen LogP contribution in [0, 0.1) is 0 Å². The Bertz CT molecular complexity index is 374. The molecule has 0 aromatic rings. The molecule has 0 saturated carbocycles. The number of aliphatic hydroxyl groups excluding tert-OH is 3. The minimum Gasteiger partial charge on any atom is -0.499 e. The molecule has 0 saturated heterocycles. The van der Waals surface area contributed by atoms with Crippen LogP contribution >= 0.6 is 0 Å². The van der Waals surface area contributed by atoms with Crippen molar-refractivity contribution in [1.29, 1.82) is 0 Å². The maximum atomic E-state index is 11.5. The first-order chi connectivity index (χ1) is 9.01. The highest BCUT2D eigenvalue weighted by Crippen LogP contribution is 2.25. The van der Waals surface area contributed by atoms with Gasteiger partial charge in [0, 0.05) is 6.42 Å². The molecule has 19 heavy (non-hydrogen) atoms. The average molecular weight is 274 g/mol. The quantitative estimate of drug-likeness (QED) is 0.447. The highest BCUT2D eigenvalue weighted by Gasteiger charge is 2.41. The lowest BCUT2D eigenvalue weighted by molar-refractivity contribution is -0.151. The third kappa shape index (κ3) is 3.93. The van der Waals surface area contributed by atoms with Gasteiger partial charge in [0.05, 0.1) is 6.61 Å². The molecular formula is C12H18O7. The summed E-state index contributed by atoms with van der Waals surface area (Å²) in [7, 11) is 0. The van der Waals surface area contributed by atoms with Crippen LogP contribution in [-0.4, -0.2) is 46.1 Å². The van der Waals surface area contributed by atoms with Gasteiger partial charge in [-0.3, -0.25) is 4.79 Å². The Hall–Kier alpha value is -1.60. The monoisotopic (exact) mass is 274 g/mol. The second-order valence-corrected chi connectivity index (χ2v) is 4.22. The van der Waals surface area contributed by atoms with E-state index in [0.29, 0.717) is 6.42 Å². The van der Waals surface area contributed by atoms with Crippen LogP contribution in [0.5, 0.6) is 0 Å². The topological polar surface area (TPSA) is 113 Å². The molecule has 1 aliphatic heterocycles. The summed E-state index contributed by atoms with van der Waals surface area (Å²) >= 11 is 0. The van der Waals surface area contributed by atoms with Crippen LogP contribution < -0.4 is 0 Å². The van der Waals surface area contributed by atoms with Gasteiger partial charge in [-0.1, -0.05) is 19.8 Å². The summed E-state index contributed by atoms with van der Waals surface area (Å²) in [6.45, 7) is 1.29. The maximum absolute atomic E-state index is 11.5. The van der Waals surface area contributed by atoms with E-state index in [1.54, 1.807) is 0 Å². The molecule has 0 aromatic heterocycles. The molecule has 0 aliphatic carbocycles. The van der Waals surface area contributed by atoms with Crippen molar-refractivity contribution in [2.45, 2.75) is 44.8 Å². The lowest BCUT2D eigenvalue weighted by Gasteiger charge is -2.17. The number of cyclic esters (lactones) is 1. The van der Waals surface area contributed by atoms with Gasteiger partial charge in [-0.25, -0.2) is 4.79 Å². The second kappa shape index (κ2) is 7.10. The number of hydrogen-bond donors (Lipinski definition) is 3. The van der Waals surface area contributed by atoms with Gasteiger partial charge in [0.15, 0.2) is 6.10 Å². The van der Waals surface area contributed by atoms with Gasteiger partial charge in [-0.05, 0) is 6.42 Å². The van der Waals surface area contributed by atoms with Crippen LogP contribution in [-0.2, 0) is 19.1 Å². The molecule has 0 spiro atoms. The van der Waals surface area contributed by atoms with Gasteiger partial charge in [0.2, 0.25) is 11.5 Å². The molecule has 0 fully saturated rings. The van der Waals surface area contributed by atoms with Crippen molar-refractivity contribution in [1.82, 2.24) is 0 Å². The van der Waals surface area contributed by atoms with Crippen molar-refractivity contribution in [3.8, 4) is 0 Å². The summed E-state index contributed by atoms with van der Waals surface area (Å²) in [4.78, 5) is 22.6. The molecule has 0 unspecified atom stereocenters. The molecule has 7 nitrogen and oxygen atoms in total. The van der Waals surface area contributed by atoms with Crippen LogP contribution in [0.2, 0.25) is 0 Å². The third-order valence-corrected chi connectivity index (χ3v) is 2.66. The van der Waals surface area contributed by atoms with Gasteiger partial charge in [0.25, 0.3) is 0 Å². The minimum atomic E-state index is -1.45. The molecule has 0 aromatic carbocycles. The molecule has 1 heterocycles. The second-order valence-electron chi connectivity index (χ2n) is 4.22. The van der Waals surface area contributed by atoms with E-state index in [9.17, 15) is 19.8 Å². The van der Waals surface area contributed by atoms with Crippen molar-refractivity contribution in [3.05, 3.63) is 11.5 Å². The smallest absolute Gasteiger partial charge is 0.378 e. The summed E-state index contributed by atoms with van der Waals surface area (Å²) in [5.74, 6) is -2.99. The van der Waals surface area contributed by atoms with Crippen LogP contribution in [0.1, 0.15) is 32.6 Å². The van der Waals surface area contributed by atoms with Crippen molar-refractivity contribution in [3.63, 3.8) is 0 Å². The Kier molecular flexibility index (Phi) is 5.78. The van der Waals surface area contributed by atoms with Crippen LogP contribution in [0.4, 0.5) is 0 Å². The SMILES string of the molecule is CCCCCC(=O)OC1=C(O)C(=O)O[C@@H]1[C@@H](O)CO. The number of esters is 2.